The summed E-state index contributed by atoms with van der Waals surface area (Å²) in [7, 11) is 0. The number of fused-ring (bicyclic) bond motifs is 1. The van der Waals surface area contributed by atoms with Gasteiger partial charge in [0.05, 0.1) is 6.42 Å². The fourth-order valence-electron chi connectivity index (χ4n) is 1.81. The second-order valence-electron chi connectivity index (χ2n) is 3.64. The van der Waals surface area contributed by atoms with Gasteiger partial charge in [0.25, 0.3) is 0 Å². The van der Waals surface area contributed by atoms with Crippen molar-refractivity contribution in [3.63, 3.8) is 0 Å². The number of rotatable bonds is 2. The van der Waals surface area contributed by atoms with Gasteiger partial charge in [0.15, 0.2) is 0 Å². The first-order chi connectivity index (χ1) is 7.22. The van der Waals surface area contributed by atoms with E-state index in [0.717, 1.165) is 16.9 Å². The molecule has 0 aromatic heterocycles. The Hall–Kier alpha value is -1.77. The number of nitrogens with two attached hydrogens (primary N) is 1. The molecule has 78 valence electrons. The summed E-state index contributed by atoms with van der Waals surface area (Å²) in [5, 5.41) is 0. The molecule has 1 aliphatic heterocycles. The van der Waals surface area contributed by atoms with E-state index in [4.69, 9.17) is 5.73 Å². The van der Waals surface area contributed by atoms with Crippen LogP contribution in [0.5, 0.6) is 0 Å². The summed E-state index contributed by atoms with van der Waals surface area (Å²) in [5.74, 6) is 0.147. The number of hydrogen-bond acceptors (Lipinski definition) is 2. The third-order valence-corrected chi connectivity index (χ3v) is 2.56. The Morgan fingerprint density at radius 3 is 3.07 bits per heavy atom. The maximum atomic E-state index is 11.7. The molecule has 15 heavy (non-hydrogen) atoms. The Bertz CT molecular complexity index is 424. The first-order valence-electron chi connectivity index (χ1n) is 5.02. The SMILES string of the molecule is C/C=C/CN1C(=O)Cc2cc(N)ccc21. The first kappa shape index (κ1) is 9.77. The summed E-state index contributed by atoms with van der Waals surface area (Å²) in [4.78, 5) is 13.5. The standard InChI is InChI=1S/C12H14N2O/c1-2-3-6-14-11-5-4-10(13)7-9(11)8-12(14)15/h2-5,7H,6,8,13H2,1H3/b3-2+. The molecule has 0 radical (unpaired) electrons. The van der Waals surface area contributed by atoms with E-state index in [1.165, 1.54) is 0 Å². The highest BCUT2D eigenvalue weighted by Gasteiger charge is 2.25. The lowest BCUT2D eigenvalue weighted by molar-refractivity contribution is -0.117. The van der Waals surface area contributed by atoms with Gasteiger partial charge in [0.2, 0.25) is 5.91 Å². The molecule has 0 saturated heterocycles. The summed E-state index contributed by atoms with van der Waals surface area (Å²) < 4.78 is 0. The number of nitrogen functional groups attached to an aromatic ring is 1. The molecule has 0 spiro atoms. The van der Waals surface area contributed by atoms with Crippen molar-refractivity contribution in [3.8, 4) is 0 Å². The number of hydrogen-bond donors (Lipinski definition) is 1. The Balaban J connectivity index is 2.33. The smallest absolute Gasteiger partial charge is 0.231 e. The average molecular weight is 202 g/mol. The first-order valence-corrected chi connectivity index (χ1v) is 5.02. The number of anilines is 2. The van der Waals surface area contributed by atoms with Gasteiger partial charge in [-0.25, -0.2) is 0 Å². The van der Waals surface area contributed by atoms with Crippen molar-refractivity contribution in [2.45, 2.75) is 13.3 Å². The van der Waals surface area contributed by atoms with Crippen LogP contribution in [-0.4, -0.2) is 12.5 Å². The van der Waals surface area contributed by atoms with Gasteiger partial charge < -0.3 is 10.6 Å². The van der Waals surface area contributed by atoms with Crippen molar-refractivity contribution < 1.29 is 4.79 Å². The van der Waals surface area contributed by atoms with Crippen LogP contribution in [-0.2, 0) is 11.2 Å². The highest BCUT2D eigenvalue weighted by Crippen LogP contribution is 2.30. The lowest BCUT2D eigenvalue weighted by Gasteiger charge is -2.14. The van der Waals surface area contributed by atoms with E-state index in [-0.39, 0.29) is 5.91 Å². The topological polar surface area (TPSA) is 46.3 Å². The van der Waals surface area contributed by atoms with Crippen molar-refractivity contribution >= 4 is 17.3 Å². The lowest BCUT2D eigenvalue weighted by atomic mass is 10.1. The van der Waals surface area contributed by atoms with E-state index >= 15 is 0 Å². The van der Waals surface area contributed by atoms with Crippen LogP contribution in [0.3, 0.4) is 0 Å². The molecule has 0 atom stereocenters. The number of benzene rings is 1. The van der Waals surface area contributed by atoms with E-state index in [1.54, 1.807) is 4.90 Å². The van der Waals surface area contributed by atoms with Gasteiger partial charge in [-0.2, -0.15) is 0 Å². The zero-order chi connectivity index (χ0) is 10.8. The van der Waals surface area contributed by atoms with Crippen LogP contribution in [0.15, 0.2) is 30.4 Å². The molecule has 0 bridgehead atoms. The van der Waals surface area contributed by atoms with Gasteiger partial charge in [0, 0.05) is 17.9 Å². The van der Waals surface area contributed by atoms with Crippen LogP contribution >= 0.6 is 0 Å². The molecule has 3 nitrogen and oxygen atoms in total. The van der Waals surface area contributed by atoms with Crippen molar-refractivity contribution in [2.24, 2.45) is 0 Å². The molecular weight excluding hydrogens is 188 g/mol. The molecule has 3 heteroatoms. The van der Waals surface area contributed by atoms with Gasteiger partial charge in [-0.1, -0.05) is 12.2 Å². The maximum absolute atomic E-state index is 11.7. The fourth-order valence-corrected chi connectivity index (χ4v) is 1.81. The van der Waals surface area contributed by atoms with Gasteiger partial charge >= 0.3 is 0 Å². The van der Waals surface area contributed by atoms with E-state index in [0.29, 0.717) is 13.0 Å². The van der Waals surface area contributed by atoms with E-state index in [1.807, 2.05) is 37.3 Å². The monoisotopic (exact) mass is 202 g/mol. The van der Waals surface area contributed by atoms with Crippen LogP contribution < -0.4 is 10.6 Å². The van der Waals surface area contributed by atoms with Crippen molar-refractivity contribution in [1.82, 2.24) is 0 Å². The second kappa shape index (κ2) is 3.77. The van der Waals surface area contributed by atoms with E-state index in [9.17, 15) is 4.79 Å². The number of carbonyl (C=O) groups is 1. The molecule has 1 heterocycles. The average Bonchev–Trinajstić information content (AvgIpc) is 2.50. The van der Waals surface area contributed by atoms with Crippen LogP contribution in [0.2, 0.25) is 0 Å². The number of allylic oxidation sites excluding steroid dienone is 1. The fraction of sp³-hybridized carbons (Fsp3) is 0.250. The highest BCUT2D eigenvalue weighted by atomic mass is 16.2. The van der Waals surface area contributed by atoms with Gasteiger partial charge in [-0.3, -0.25) is 4.79 Å². The maximum Gasteiger partial charge on any atom is 0.231 e. The lowest BCUT2D eigenvalue weighted by Crippen LogP contribution is -2.26. The molecule has 1 aromatic carbocycles. The molecule has 2 N–H and O–H groups in total. The molecule has 1 amide bonds. The van der Waals surface area contributed by atoms with Gasteiger partial charge in [0.1, 0.15) is 0 Å². The summed E-state index contributed by atoms with van der Waals surface area (Å²) in [6.45, 7) is 2.59. The Morgan fingerprint density at radius 2 is 2.33 bits per heavy atom. The molecule has 1 aliphatic rings. The zero-order valence-corrected chi connectivity index (χ0v) is 8.73. The minimum absolute atomic E-state index is 0.147. The van der Waals surface area contributed by atoms with Crippen molar-refractivity contribution in [3.05, 3.63) is 35.9 Å². The zero-order valence-electron chi connectivity index (χ0n) is 8.73. The summed E-state index contributed by atoms with van der Waals surface area (Å²) in [5.41, 5.74) is 8.42. The van der Waals surface area contributed by atoms with Gasteiger partial charge in [-0.05, 0) is 30.7 Å². The van der Waals surface area contributed by atoms with Gasteiger partial charge in [-0.15, -0.1) is 0 Å². The minimum atomic E-state index is 0.147. The number of nitrogens with zero attached hydrogens (tertiary/aromatic N) is 1. The summed E-state index contributed by atoms with van der Waals surface area (Å²) in [6, 6.07) is 5.63. The molecule has 0 aliphatic carbocycles. The largest absolute Gasteiger partial charge is 0.399 e. The molecular formula is C12H14N2O. The van der Waals surface area contributed by atoms with Crippen LogP contribution in [0.1, 0.15) is 12.5 Å². The molecule has 0 unspecified atom stereocenters. The molecule has 0 fully saturated rings. The normalized spacial score (nSPS) is 15.0. The minimum Gasteiger partial charge on any atom is -0.399 e. The molecule has 1 aromatic rings. The third-order valence-electron chi connectivity index (χ3n) is 2.56. The van der Waals surface area contributed by atoms with E-state index in [2.05, 4.69) is 0 Å². The Kier molecular flexibility index (Phi) is 2.46. The molecule has 0 saturated carbocycles. The van der Waals surface area contributed by atoms with Crippen LogP contribution in [0, 0.1) is 0 Å². The van der Waals surface area contributed by atoms with Crippen LogP contribution in [0.25, 0.3) is 0 Å². The highest BCUT2D eigenvalue weighted by molar-refractivity contribution is 6.01. The predicted octanol–water partition coefficient (Wildman–Crippen LogP) is 1.73. The quantitative estimate of drug-likeness (QED) is 0.586. The second-order valence-corrected chi connectivity index (χ2v) is 3.64. The predicted molar refractivity (Wildman–Crippen MR) is 61.7 cm³/mol. The summed E-state index contributed by atoms with van der Waals surface area (Å²) in [6.07, 6.45) is 4.39. The molecule has 2 rings (SSSR count). The number of carbonyl (C=O) groups excluding carboxylic acids is 1. The van der Waals surface area contributed by atoms with E-state index < -0.39 is 0 Å². The van der Waals surface area contributed by atoms with Crippen molar-refractivity contribution in [1.29, 1.82) is 0 Å². The Labute approximate surface area is 89.2 Å². The summed E-state index contributed by atoms with van der Waals surface area (Å²) >= 11 is 0. The Morgan fingerprint density at radius 1 is 1.53 bits per heavy atom. The van der Waals surface area contributed by atoms with Crippen molar-refractivity contribution in [2.75, 3.05) is 17.2 Å². The third kappa shape index (κ3) is 1.73. The van der Waals surface area contributed by atoms with Crippen LogP contribution in [0.4, 0.5) is 11.4 Å². The number of amides is 1.